The summed E-state index contributed by atoms with van der Waals surface area (Å²) in [4.78, 5) is 26.0. The molecule has 5 aromatic rings. The van der Waals surface area contributed by atoms with Gasteiger partial charge in [0, 0.05) is 12.1 Å². The Bertz CT molecular complexity index is 1540. The molecule has 0 bridgehead atoms. The highest BCUT2D eigenvalue weighted by Crippen LogP contribution is 2.22. The minimum Gasteiger partial charge on any atom is -0.350 e. The molecule has 0 spiro atoms. The number of nitrogens with one attached hydrogen (secondary N) is 1. The second-order valence-electron chi connectivity index (χ2n) is 7.83. The molecule has 5 rings (SSSR count). The van der Waals surface area contributed by atoms with Gasteiger partial charge in [-0.05, 0) is 36.8 Å². The van der Waals surface area contributed by atoms with Crippen LogP contribution in [0.5, 0.6) is 0 Å². The first-order valence-electron chi connectivity index (χ1n) is 10.5. The van der Waals surface area contributed by atoms with Crippen molar-refractivity contribution in [3.8, 4) is 11.4 Å². The summed E-state index contributed by atoms with van der Waals surface area (Å²) >= 11 is 0. The van der Waals surface area contributed by atoms with Crippen LogP contribution in [0.3, 0.4) is 0 Å². The van der Waals surface area contributed by atoms with Crippen LogP contribution in [0.25, 0.3) is 28.1 Å². The molecule has 0 saturated carbocycles. The van der Waals surface area contributed by atoms with Crippen LogP contribution >= 0.6 is 0 Å². The summed E-state index contributed by atoms with van der Waals surface area (Å²) in [7, 11) is 0. The molecule has 3 aromatic carbocycles. The average molecular weight is 441 g/mol. The lowest BCUT2D eigenvalue weighted by atomic mass is 10.1. The number of hydrogen-bond donors (Lipinski definition) is 1. The molecule has 8 heteroatoms. The number of aryl methyl sites for hydroxylation is 1. The quantitative estimate of drug-likeness (QED) is 0.453. The third-order valence-electron chi connectivity index (χ3n) is 5.53. The van der Waals surface area contributed by atoms with Crippen LogP contribution in [-0.2, 0) is 17.9 Å². The Kier molecular flexibility index (Phi) is 5.18. The number of rotatable bonds is 5. The molecule has 0 fully saturated rings. The van der Waals surface area contributed by atoms with Crippen LogP contribution in [0.15, 0.2) is 77.6 Å². The van der Waals surface area contributed by atoms with Gasteiger partial charge in [-0.2, -0.15) is 0 Å². The van der Waals surface area contributed by atoms with E-state index in [-0.39, 0.29) is 30.5 Å². The maximum absolute atomic E-state index is 13.3. The summed E-state index contributed by atoms with van der Waals surface area (Å²) in [5, 5.41) is 11.2. The van der Waals surface area contributed by atoms with E-state index in [1.54, 1.807) is 22.6 Å². The van der Waals surface area contributed by atoms with Gasteiger partial charge >= 0.3 is 0 Å². The molecule has 0 aliphatic rings. The van der Waals surface area contributed by atoms with Gasteiger partial charge in [0.05, 0.1) is 11.0 Å². The molecule has 7 nitrogen and oxygen atoms in total. The van der Waals surface area contributed by atoms with Gasteiger partial charge in [-0.25, -0.2) is 4.39 Å². The summed E-state index contributed by atoms with van der Waals surface area (Å²) in [5.74, 6) is -0.116. The summed E-state index contributed by atoms with van der Waals surface area (Å²) < 4.78 is 16.2. The number of aromatic nitrogens is 4. The lowest BCUT2D eigenvalue weighted by Gasteiger charge is -2.13. The summed E-state index contributed by atoms with van der Waals surface area (Å²) in [6, 6.07) is 21.1. The van der Waals surface area contributed by atoms with Crippen LogP contribution < -0.4 is 10.9 Å². The number of carbonyl (C=O) groups excluding carboxylic acids is 1. The van der Waals surface area contributed by atoms with E-state index in [1.807, 2.05) is 49.4 Å². The van der Waals surface area contributed by atoms with E-state index in [0.717, 1.165) is 22.2 Å². The van der Waals surface area contributed by atoms with Crippen molar-refractivity contribution in [2.45, 2.75) is 20.0 Å². The van der Waals surface area contributed by atoms with Crippen molar-refractivity contribution in [1.29, 1.82) is 0 Å². The highest BCUT2D eigenvalue weighted by atomic mass is 19.1. The standard InChI is InChI=1S/C25H20FN5O2/c1-16-6-10-18(11-7-16)23-28-29-24-25(33)30(20-4-2-3-5-21(20)31(23)24)15-22(32)27-14-17-8-12-19(26)13-9-17/h2-13H,14-15H2,1H3,(H,27,32). The maximum atomic E-state index is 13.3. The van der Waals surface area contributed by atoms with Crippen molar-refractivity contribution in [2.75, 3.05) is 0 Å². The number of carbonyl (C=O) groups is 1. The van der Waals surface area contributed by atoms with Gasteiger partial charge in [-0.3, -0.25) is 18.6 Å². The SMILES string of the molecule is Cc1ccc(-c2nnc3c(=O)n(CC(=O)NCc4ccc(F)cc4)c4ccccc4n23)cc1. The fourth-order valence-electron chi connectivity index (χ4n) is 3.81. The highest BCUT2D eigenvalue weighted by molar-refractivity contribution is 5.83. The van der Waals surface area contributed by atoms with Gasteiger partial charge < -0.3 is 5.32 Å². The number of para-hydroxylation sites is 2. The Morgan fingerprint density at radius 3 is 2.36 bits per heavy atom. The molecule has 0 atom stereocenters. The van der Waals surface area contributed by atoms with Crippen LogP contribution in [0.1, 0.15) is 11.1 Å². The molecule has 2 heterocycles. The smallest absolute Gasteiger partial charge is 0.297 e. The van der Waals surface area contributed by atoms with Crippen molar-refractivity contribution >= 4 is 22.6 Å². The van der Waals surface area contributed by atoms with Gasteiger partial charge in [0.1, 0.15) is 12.4 Å². The van der Waals surface area contributed by atoms with Gasteiger partial charge in [-0.1, -0.05) is 54.1 Å². The van der Waals surface area contributed by atoms with Gasteiger partial charge in [-0.15, -0.1) is 10.2 Å². The van der Waals surface area contributed by atoms with Crippen LogP contribution in [0.4, 0.5) is 4.39 Å². The topological polar surface area (TPSA) is 81.3 Å². The minimum atomic E-state index is -0.406. The molecule has 2 aromatic heterocycles. The first-order chi connectivity index (χ1) is 16.0. The Morgan fingerprint density at radius 1 is 0.939 bits per heavy atom. The number of hydrogen-bond acceptors (Lipinski definition) is 4. The largest absolute Gasteiger partial charge is 0.350 e. The van der Waals surface area contributed by atoms with Crippen molar-refractivity contribution in [3.05, 3.63) is 100 Å². The first kappa shape index (κ1) is 20.6. The second-order valence-corrected chi connectivity index (χ2v) is 7.83. The molecule has 1 N–H and O–H groups in total. The maximum Gasteiger partial charge on any atom is 0.297 e. The Balaban J connectivity index is 1.53. The number of fused-ring (bicyclic) bond motifs is 3. The molecule has 0 aliphatic heterocycles. The minimum absolute atomic E-state index is 0.149. The third kappa shape index (κ3) is 3.87. The van der Waals surface area contributed by atoms with Gasteiger partial charge in [0.25, 0.3) is 5.56 Å². The number of amides is 1. The van der Waals surface area contributed by atoms with Gasteiger partial charge in [0.15, 0.2) is 5.82 Å². The molecule has 33 heavy (non-hydrogen) atoms. The molecule has 164 valence electrons. The van der Waals surface area contributed by atoms with E-state index < -0.39 is 5.56 Å². The van der Waals surface area contributed by atoms with Crippen LogP contribution in [0.2, 0.25) is 0 Å². The molecule has 0 radical (unpaired) electrons. The molecular formula is C25H20FN5O2. The number of benzene rings is 3. The van der Waals surface area contributed by atoms with E-state index in [0.29, 0.717) is 11.3 Å². The predicted octanol–water partition coefficient (Wildman–Crippen LogP) is 3.48. The average Bonchev–Trinajstić information content (AvgIpc) is 3.27. The zero-order chi connectivity index (χ0) is 22.9. The van der Waals surface area contributed by atoms with Crippen LogP contribution in [-0.4, -0.2) is 25.1 Å². The Hall–Kier alpha value is -4.33. The molecule has 0 unspecified atom stereocenters. The molecule has 0 saturated heterocycles. The van der Waals surface area contributed by atoms with Crippen molar-refractivity contribution in [2.24, 2.45) is 0 Å². The summed E-state index contributed by atoms with van der Waals surface area (Å²) in [6.07, 6.45) is 0. The fourth-order valence-corrected chi connectivity index (χ4v) is 3.81. The molecule has 1 amide bonds. The number of nitrogens with zero attached hydrogens (tertiary/aromatic N) is 4. The summed E-state index contributed by atoms with van der Waals surface area (Å²) in [6.45, 7) is 2.06. The molecule has 0 aliphatic carbocycles. The lowest BCUT2D eigenvalue weighted by molar-refractivity contribution is -0.121. The zero-order valence-electron chi connectivity index (χ0n) is 17.8. The Labute approximate surface area is 188 Å². The first-order valence-corrected chi connectivity index (χ1v) is 10.5. The normalized spacial score (nSPS) is 11.2. The fraction of sp³-hybridized carbons (Fsp3) is 0.120. The zero-order valence-corrected chi connectivity index (χ0v) is 17.8. The van der Waals surface area contributed by atoms with Crippen molar-refractivity contribution in [1.82, 2.24) is 24.5 Å². The monoisotopic (exact) mass is 441 g/mol. The summed E-state index contributed by atoms with van der Waals surface area (Å²) in [5.41, 5.74) is 3.78. The second kappa shape index (κ2) is 8.31. The third-order valence-corrected chi connectivity index (χ3v) is 5.53. The lowest BCUT2D eigenvalue weighted by Crippen LogP contribution is -2.33. The van der Waals surface area contributed by atoms with E-state index in [9.17, 15) is 14.0 Å². The van der Waals surface area contributed by atoms with Crippen molar-refractivity contribution < 1.29 is 9.18 Å². The van der Waals surface area contributed by atoms with Crippen LogP contribution in [0, 0.1) is 12.7 Å². The van der Waals surface area contributed by atoms with Crippen molar-refractivity contribution in [3.63, 3.8) is 0 Å². The molecular weight excluding hydrogens is 421 g/mol. The predicted molar refractivity (Wildman–Crippen MR) is 123 cm³/mol. The van der Waals surface area contributed by atoms with E-state index >= 15 is 0 Å². The van der Waals surface area contributed by atoms with E-state index in [1.165, 1.54) is 16.7 Å². The highest BCUT2D eigenvalue weighted by Gasteiger charge is 2.18. The van der Waals surface area contributed by atoms with E-state index in [4.69, 9.17) is 0 Å². The van der Waals surface area contributed by atoms with E-state index in [2.05, 4.69) is 15.5 Å². The number of halogens is 1. The Morgan fingerprint density at radius 2 is 1.64 bits per heavy atom. The van der Waals surface area contributed by atoms with Gasteiger partial charge in [0.2, 0.25) is 11.6 Å².